The van der Waals surface area contributed by atoms with Crippen molar-refractivity contribution in [2.75, 3.05) is 6.61 Å². The van der Waals surface area contributed by atoms with Crippen molar-refractivity contribution in [2.24, 2.45) is 0 Å². The highest BCUT2D eigenvalue weighted by molar-refractivity contribution is 7.98. The van der Waals surface area contributed by atoms with E-state index in [9.17, 15) is 4.79 Å². The van der Waals surface area contributed by atoms with Crippen molar-refractivity contribution in [3.05, 3.63) is 45.3 Å². The number of fused-ring (bicyclic) bond motifs is 1. The molecule has 3 aromatic rings. The summed E-state index contributed by atoms with van der Waals surface area (Å²) in [7, 11) is 0. The number of ether oxygens (including phenoxy) is 1. The Morgan fingerprint density at radius 3 is 2.72 bits per heavy atom. The average Bonchev–Trinajstić information content (AvgIpc) is 3.14. The van der Waals surface area contributed by atoms with Crippen LogP contribution < -0.4 is 5.56 Å². The first-order chi connectivity index (χ1) is 13.8. The summed E-state index contributed by atoms with van der Waals surface area (Å²) in [6, 6.07) is 5.13. The lowest BCUT2D eigenvalue weighted by atomic mass is 10.2. The van der Waals surface area contributed by atoms with Crippen molar-refractivity contribution in [1.29, 1.82) is 0 Å². The summed E-state index contributed by atoms with van der Waals surface area (Å²) in [4.78, 5) is 22.1. The van der Waals surface area contributed by atoms with Crippen molar-refractivity contribution in [3.8, 4) is 0 Å². The molecular formula is C20H25ClN4O3S. The number of hydrogen-bond acceptors (Lipinski definition) is 7. The van der Waals surface area contributed by atoms with Gasteiger partial charge in [-0.1, -0.05) is 42.4 Å². The van der Waals surface area contributed by atoms with Gasteiger partial charge in [-0.3, -0.25) is 9.36 Å². The molecule has 0 atom stereocenters. The molecule has 0 saturated carbocycles. The van der Waals surface area contributed by atoms with Gasteiger partial charge in [0, 0.05) is 24.1 Å². The van der Waals surface area contributed by atoms with Crippen LogP contribution in [0.4, 0.5) is 0 Å². The molecule has 3 rings (SSSR count). The summed E-state index contributed by atoms with van der Waals surface area (Å²) < 4.78 is 12.6. The third kappa shape index (κ3) is 5.58. The van der Waals surface area contributed by atoms with E-state index in [4.69, 9.17) is 20.9 Å². The molecule has 0 aliphatic carbocycles. The van der Waals surface area contributed by atoms with Gasteiger partial charge in [-0.2, -0.15) is 4.98 Å². The lowest BCUT2D eigenvalue weighted by molar-refractivity contribution is 0.0743. The number of halogens is 1. The molecule has 1 aromatic carbocycles. The van der Waals surface area contributed by atoms with Crippen LogP contribution in [0.1, 0.15) is 51.7 Å². The van der Waals surface area contributed by atoms with Gasteiger partial charge in [0.2, 0.25) is 5.89 Å². The molecule has 156 valence electrons. The van der Waals surface area contributed by atoms with Gasteiger partial charge in [-0.25, -0.2) is 4.98 Å². The van der Waals surface area contributed by atoms with Crippen molar-refractivity contribution < 1.29 is 9.26 Å². The number of thioether (sulfide) groups is 1. The molecule has 0 saturated heterocycles. The smallest absolute Gasteiger partial charge is 0.262 e. The summed E-state index contributed by atoms with van der Waals surface area (Å²) in [6.07, 6.45) is 0.870. The van der Waals surface area contributed by atoms with Gasteiger partial charge >= 0.3 is 0 Å². The summed E-state index contributed by atoms with van der Waals surface area (Å²) in [6.45, 7) is 9.09. The van der Waals surface area contributed by atoms with Gasteiger partial charge in [0.25, 0.3) is 5.56 Å². The largest absolute Gasteiger partial charge is 0.379 e. The van der Waals surface area contributed by atoms with Crippen molar-refractivity contribution in [2.45, 2.75) is 63.6 Å². The third-order valence-corrected chi connectivity index (χ3v) is 5.38. The zero-order valence-corrected chi connectivity index (χ0v) is 18.6. The topological polar surface area (TPSA) is 83.0 Å². The molecule has 0 bridgehead atoms. The molecule has 0 aliphatic rings. The molecule has 2 heterocycles. The van der Waals surface area contributed by atoms with Crippen LogP contribution in [-0.2, 0) is 17.0 Å². The van der Waals surface area contributed by atoms with Crippen LogP contribution in [0, 0.1) is 0 Å². The fourth-order valence-corrected chi connectivity index (χ4v) is 3.74. The average molecular weight is 437 g/mol. The highest BCUT2D eigenvalue weighted by Crippen LogP contribution is 2.24. The predicted molar refractivity (Wildman–Crippen MR) is 115 cm³/mol. The summed E-state index contributed by atoms with van der Waals surface area (Å²) in [5, 5.41) is 5.67. The second-order valence-electron chi connectivity index (χ2n) is 7.28. The zero-order chi connectivity index (χ0) is 21.0. The van der Waals surface area contributed by atoms with Gasteiger partial charge in [0.1, 0.15) is 0 Å². The minimum atomic E-state index is -0.0906. The molecule has 0 amide bonds. The van der Waals surface area contributed by atoms with Crippen molar-refractivity contribution in [3.63, 3.8) is 0 Å². The molecule has 7 nitrogen and oxygen atoms in total. The van der Waals surface area contributed by atoms with E-state index in [1.54, 1.807) is 22.8 Å². The first-order valence-electron chi connectivity index (χ1n) is 9.62. The molecule has 9 heteroatoms. The van der Waals surface area contributed by atoms with E-state index in [1.807, 2.05) is 27.7 Å². The van der Waals surface area contributed by atoms with Crippen LogP contribution >= 0.6 is 23.4 Å². The number of nitrogens with zero attached hydrogens (tertiary/aromatic N) is 4. The Kier molecular flexibility index (Phi) is 7.32. The molecule has 0 unspecified atom stereocenters. The Bertz CT molecular complexity index is 1030. The van der Waals surface area contributed by atoms with Crippen LogP contribution in [0.2, 0.25) is 5.02 Å². The standard InChI is InChI=1S/C20H25ClN4O3S/c1-12(2)18-23-17(28-24-18)11-29-20-22-16-10-14(21)6-7-15(16)19(26)25(20)8-5-9-27-13(3)4/h6-7,10,12-13H,5,8-9,11H2,1-4H3. The Morgan fingerprint density at radius 1 is 1.24 bits per heavy atom. The maximum Gasteiger partial charge on any atom is 0.262 e. The normalized spacial score (nSPS) is 11.8. The fraction of sp³-hybridized carbons (Fsp3) is 0.500. The third-order valence-electron chi connectivity index (χ3n) is 4.18. The number of hydrogen-bond donors (Lipinski definition) is 0. The summed E-state index contributed by atoms with van der Waals surface area (Å²) >= 11 is 7.49. The van der Waals surface area contributed by atoms with E-state index in [0.717, 1.165) is 0 Å². The van der Waals surface area contributed by atoms with Crippen LogP contribution in [0.15, 0.2) is 32.7 Å². The Balaban J connectivity index is 1.87. The van der Waals surface area contributed by atoms with Gasteiger partial charge in [0.05, 0.1) is 22.8 Å². The molecule has 0 fully saturated rings. The maximum absolute atomic E-state index is 13.1. The van der Waals surface area contributed by atoms with E-state index >= 15 is 0 Å². The first-order valence-corrected chi connectivity index (χ1v) is 11.0. The molecule has 0 N–H and O–H groups in total. The lowest BCUT2D eigenvalue weighted by Gasteiger charge is -2.13. The highest BCUT2D eigenvalue weighted by atomic mass is 35.5. The second kappa shape index (κ2) is 9.73. The molecule has 2 aromatic heterocycles. The van der Waals surface area contributed by atoms with Gasteiger partial charge in [-0.15, -0.1) is 0 Å². The van der Waals surface area contributed by atoms with Gasteiger partial charge < -0.3 is 9.26 Å². The second-order valence-corrected chi connectivity index (χ2v) is 8.65. The van der Waals surface area contributed by atoms with Crippen LogP contribution in [-0.4, -0.2) is 32.4 Å². The zero-order valence-electron chi connectivity index (χ0n) is 17.0. The van der Waals surface area contributed by atoms with Crippen LogP contribution in [0.25, 0.3) is 10.9 Å². The van der Waals surface area contributed by atoms with E-state index in [0.29, 0.717) is 58.1 Å². The number of aromatic nitrogens is 4. The quantitative estimate of drug-likeness (QED) is 0.274. The van der Waals surface area contributed by atoms with Crippen LogP contribution in [0.3, 0.4) is 0 Å². The minimum absolute atomic E-state index is 0.0906. The first kappa shape index (κ1) is 21.8. The number of rotatable bonds is 9. The molecule has 0 spiro atoms. The van der Waals surface area contributed by atoms with Crippen molar-refractivity contribution >= 4 is 34.3 Å². The van der Waals surface area contributed by atoms with Crippen LogP contribution in [0.5, 0.6) is 0 Å². The highest BCUT2D eigenvalue weighted by Gasteiger charge is 2.15. The maximum atomic E-state index is 13.1. The Labute approximate surface area is 178 Å². The molecule has 0 radical (unpaired) electrons. The fourth-order valence-electron chi connectivity index (χ4n) is 2.71. The lowest BCUT2D eigenvalue weighted by Crippen LogP contribution is -2.24. The summed E-state index contributed by atoms with van der Waals surface area (Å²) in [5.41, 5.74) is 0.486. The Hall–Kier alpha value is -1.90. The van der Waals surface area contributed by atoms with Gasteiger partial charge in [0.15, 0.2) is 11.0 Å². The van der Waals surface area contributed by atoms with E-state index in [1.165, 1.54) is 11.8 Å². The molecular weight excluding hydrogens is 412 g/mol. The minimum Gasteiger partial charge on any atom is -0.379 e. The summed E-state index contributed by atoms with van der Waals surface area (Å²) in [5.74, 6) is 1.80. The predicted octanol–water partition coefficient (Wildman–Crippen LogP) is 4.66. The van der Waals surface area contributed by atoms with Crippen molar-refractivity contribution in [1.82, 2.24) is 19.7 Å². The van der Waals surface area contributed by atoms with Gasteiger partial charge in [-0.05, 0) is 38.5 Å². The van der Waals surface area contributed by atoms with E-state index in [-0.39, 0.29) is 17.6 Å². The monoisotopic (exact) mass is 436 g/mol. The Morgan fingerprint density at radius 2 is 2.03 bits per heavy atom. The van der Waals surface area contributed by atoms with E-state index in [2.05, 4.69) is 15.1 Å². The molecule has 0 aliphatic heterocycles. The van der Waals surface area contributed by atoms with E-state index < -0.39 is 0 Å². The molecule has 29 heavy (non-hydrogen) atoms. The number of benzene rings is 1. The SMILES string of the molecule is CC(C)OCCCn1c(SCc2nc(C(C)C)no2)nc2cc(Cl)ccc2c1=O.